The van der Waals surface area contributed by atoms with Crippen LogP contribution >= 0.6 is 0 Å². The molecule has 1 aromatic carbocycles. The highest BCUT2D eigenvalue weighted by Crippen LogP contribution is 2.74. The maximum Gasteiger partial charge on any atom is 0.311 e. The van der Waals surface area contributed by atoms with Gasteiger partial charge >= 0.3 is 5.97 Å². The molecule has 132 valence electrons. The Balaban J connectivity index is 1.65. The minimum absolute atomic E-state index is 0.00114. The van der Waals surface area contributed by atoms with Crippen LogP contribution in [-0.2, 0) is 14.9 Å². The van der Waals surface area contributed by atoms with Gasteiger partial charge in [-0.2, -0.15) is 0 Å². The van der Waals surface area contributed by atoms with Gasteiger partial charge in [0.2, 0.25) is 0 Å². The number of hydrogen-bond donors (Lipinski definition) is 1. The van der Waals surface area contributed by atoms with Gasteiger partial charge in [-0.1, -0.05) is 18.2 Å². The van der Waals surface area contributed by atoms with Crippen molar-refractivity contribution in [3.8, 4) is 0 Å². The van der Waals surface area contributed by atoms with Crippen molar-refractivity contribution in [3.63, 3.8) is 0 Å². The molecule has 3 aliphatic heterocycles. The van der Waals surface area contributed by atoms with Crippen LogP contribution in [0.3, 0.4) is 0 Å². The maximum atomic E-state index is 12.9. The Morgan fingerprint density at radius 1 is 1.20 bits per heavy atom. The number of benzene rings is 1. The van der Waals surface area contributed by atoms with Gasteiger partial charge in [0.05, 0.1) is 18.6 Å². The highest BCUT2D eigenvalue weighted by molar-refractivity contribution is 5.80. The monoisotopic (exact) mass is 338 g/mol. The Labute approximate surface area is 148 Å². The smallest absolute Gasteiger partial charge is 0.311 e. The summed E-state index contributed by atoms with van der Waals surface area (Å²) in [5, 5.41) is 3.92. The average Bonchev–Trinajstić information content (AvgIpc) is 3.19. The molecule has 5 atom stereocenters. The Kier molecular flexibility index (Phi) is 2.57. The molecule has 7 rings (SSSR count). The van der Waals surface area contributed by atoms with Crippen LogP contribution in [-0.4, -0.2) is 42.6 Å². The van der Waals surface area contributed by atoms with E-state index in [9.17, 15) is 4.79 Å². The summed E-state index contributed by atoms with van der Waals surface area (Å²) in [6, 6.07) is 9.45. The molecular weight excluding hydrogens is 312 g/mol. The van der Waals surface area contributed by atoms with Crippen molar-refractivity contribution in [2.45, 2.75) is 55.5 Å². The largest absolute Gasteiger partial charge is 0.469 e. The molecule has 2 bridgehead atoms. The van der Waals surface area contributed by atoms with Crippen LogP contribution in [0.15, 0.2) is 24.3 Å². The third-order valence-corrected chi connectivity index (χ3v) is 8.60. The number of carbonyl (C=O) groups excluding carboxylic acids is 1. The van der Waals surface area contributed by atoms with E-state index in [4.69, 9.17) is 4.74 Å². The Bertz CT molecular complexity index is 779. The molecule has 5 fully saturated rings. The van der Waals surface area contributed by atoms with Gasteiger partial charge in [-0.3, -0.25) is 9.69 Å². The van der Waals surface area contributed by atoms with E-state index in [1.807, 2.05) is 0 Å². The van der Waals surface area contributed by atoms with Gasteiger partial charge in [0.25, 0.3) is 0 Å². The number of hydrogen-bond acceptors (Lipinski definition) is 4. The van der Waals surface area contributed by atoms with Crippen LogP contribution in [0, 0.1) is 11.3 Å². The third-order valence-electron chi connectivity index (χ3n) is 8.60. The molecule has 1 N–H and O–H groups in total. The first kappa shape index (κ1) is 14.6. The zero-order valence-electron chi connectivity index (χ0n) is 14.9. The lowest BCUT2D eigenvalue weighted by atomic mass is 9.39. The molecule has 1 aromatic rings. The van der Waals surface area contributed by atoms with Crippen LogP contribution in [0.4, 0.5) is 5.69 Å². The molecule has 25 heavy (non-hydrogen) atoms. The van der Waals surface area contributed by atoms with E-state index < -0.39 is 0 Å². The number of fused-ring (bicyclic) bond motifs is 3. The number of nitrogens with one attached hydrogen (secondary N) is 1. The molecule has 6 aliphatic rings. The number of piperidine rings is 1. The van der Waals surface area contributed by atoms with Gasteiger partial charge in [-0.05, 0) is 68.7 Å². The van der Waals surface area contributed by atoms with Crippen LogP contribution in [0.5, 0.6) is 0 Å². The number of ether oxygens (including phenoxy) is 1. The second-order valence-electron chi connectivity index (χ2n) is 9.05. The van der Waals surface area contributed by atoms with Gasteiger partial charge in [0.15, 0.2) is 0 Å². The number of nitrogens with zero attached hydrogens (tertiary/aromatic N) is 1. The zero-order valence-corrected chi connectivity index (χ0v) is 14.9. The van der Waals surface area contributed by atoms with E-state index in [1.54, 1.807) is 7.11 Å². The second-order valence-corrected chi connectivity index (χ2v) is 9.05. The minimum atomic E-state index is -0.151. The minimum Gasteiger partial charge on any atom is -0.469 e. The maximum absolute atomic E-state index is 12.9. The summed E-state index contributed by atoms with van der Waals surface area (Å²) in [6.07, 6.45) is 7.10. The number of esters is 1. The lowest BCUT2D eigenvalue weighted by Crippen LogP contribution is -2.76. The molecule has 3 aliphatic carbocycles. The van der Waals surface area contributed by atoms with E-state index >= 15 is 0 Å². The Morgan fingerprint density at radius 3 is 2.96 bits per heavy atom. The predicted molar refractivity (Wildman–Crippen MR) is 95.5 cm³/mol. The number of methoxy groups -OCH3 is 1. The topological polar surface area (TPSA) is 41.6 Å². The molecular formula is C21H26N2O2. The van der Waals surface area contributed by atoms with Crippen molar-refractivity contribution < 1.29 is 9.53 Å². The number of rotatable bonds is 1. The van der Waals surface area contributed by atoms with E-state index in [-0.39, 0.29) is 22.8 Å². The summed E-state index contributed by atoms with van der Waals surface area (Å²) in [5.74, 6) is -0.0193. The summed E-state index contributed by atoms with van der Waals surface area (Å²) in [7, 11) is 1.56. The van der Waals surface area contributed by atoms with E-state index in [0.29, 0.717) is 11.5 Å². The van der Waals surface area contributed by atoms with E-state index in [0.717, 1.165) is 12.8 Å². The molecule has 3 spiro atoms. The zero-order chi connectivity index (χ0) is 16.9. The highest BCUT2D eigenvalue weighted by Gasteiger charge is 2.78. The number of anilines is 1. The van der Waals surface area contributed by atoms with Gasteiger partial charge in [0.1, 0.15) is 0 Å². The Hall–Kier alpha value is -1.55. The quantitative estimate of drug-likeness (QED) is 0.800. The van der Waals surface area contributed by atoms with Crippen molar-refractivity contribution in [1.29, 1.82) is 0 Å². The summed E-state index contributed by atoms with van der Waals surface area (Å²) in [4.78, 5) is 15.7. The second kappa shape index (κ2) is 4.40. The predicted octanol–water partition coefficient (Wildman–Crippen LogP) is 2.93. The first-order chi connectivity index (χ1) is 12.2. The standard InChI is InChI=1S/C21H26N2O2/c1-25-17(24)15-13-19-7-4-11-23-12-10-20(18(19)23)14-5-2-3-6-16(14)22-21(15,20)9-8-19/h2-3,5-6,15,18,22H,4,7-13H2,1H3/t15-,18+,19-,20-,21+/m0/s1. The first-order valence-corrected chi connectivity index (χ1v) is 9.87. The highest BCUT2D eigenvalue weighted by atomic mass is 16.5. The molecule has 2 saturated heterocycles. The molecule has 0 unspecified atom stereocenters. The SMILES string of the molecule is COC(=O)[C@@H]1C[C@]23CCCN4CC[C@]5(c6ccccc6N[C@]15CC2)[C@H]43. The molecule has 4 heteroatoms. The summed E-state index contributed by atoms with van der Waals surface area (Å²) in [5.41, 5.74) is 2.97. The summed E-state index contributed by atoms with van der Waals surface area (Å²) >= 11 is 0. The van der Waals surface area contributed by atoms with Crippen molar-refractivity contribution >= 4 is 11.7 Å². The van der Waals surface area contributed by atoms with Gasteiger partial charge in [0, 0.05) is 17.1 Å². The summed E-state index contributed by atoms with van der Waals surface area (Å²) in [6.45, 7) is 2.41. The fraction of sp³-hybridized carbons (Fsp3) is 0.667. The molecule has 3 saturated carbocycles. The van der Waals surface area contributed by atoms with Gasteiger partial charge in [-0.25, -0.2) is 0 Å². The molecule has 0 amide bonds. The van der Waals surface area contributed by atoms with Crippen molar-refractivity contribution in [3.05, 3.63) is 29.8 Å². The lowest BCUT2D eigenvalue weighted by molar-refractivity contribution is -0.171. The molecule has 0 aromatic heterocycles. The van der Waals surface area contributed by atoms with Crippen molar-refractivity contribution in [1.82, 2.24) is 4.90 Å². The van der Waals surface area contributed by atoms with E-state index in [1.165, 1.54) is 50.0 Å². The van der Waals surface area contributed by atoms with Crippen LogP contribution in [0.1, 0.15) is 44.1 Å². The van der Waals surface area contributed by atoms with Crippen LogP contribution in [0.2, 0.25) is 0 Å². The first-order valence-electron chi connectivity index (χ1n) is 9.87. The average molecular weight is 338 g/mol. The normalized spacial score (nSPS) is 46.1. The fourth-order valence-electron chi connectivity index (χ4n) is 8.03. The van der Waals surface area contributed by atoms with Gasteiger partial charge in [-0.15, -0.1) is 0 Å². The van der Waals surface area contributed by atoms with Crippen LogP contribution in [0.25, 0.3) is 0 Å². The third kappa shape index (κ3) is 1.38. The van der Waals surface area contributed by atoms with Crippen molar-refractivity contribution in [2.75, 3.05) is 25.5 Å². The Morgan fingerprint density at radius 2 is 2.08 bits per heavy atom. The number of para-hydroxylation sites is 1. The molecule has 3 heterocycles. The lowest BCUT2D eigenvalue weighted by Gasteiger charge is -2.69. The molecule has 4 nitrogen and oxygen atoms in total. The fourth-order valence-corrected chi connectivity index (χ4v) is 8.03. The van der Waals surface area contributed by atoms with E-state index in [2.05, 4.69) is 34.5 Å². The summed E-state index contributed by atoms with van der Waals surface area (Å²) < 4.78 is 5.33. The van der Waals surface area contributed by atoms with Crippen LogP contribution < -0.4 is 5.32 Å². The van der Waals surface area contributed by atoms with Crippen molar-refractivity contribution in [2.24, 2.45) is 11.3 Å². The number of carbonyl (C=O) groups is 1. The van der Waals surface area contributed by atoms with Gasteiger partial charge < -0.3 is 10.1 Å². The molecule has 0 radical (unpaired) electrons.